The third-order valence-corrected chi connectivity index (χ3v) is 5.33. The number of likely N-dealkylation sites (tertiary alicyclic amines) is 1. The average molecular weight is 360 g/mol. The first-order valence-corrected chi connectivity index (χ1v) is 9.24. The van der Waals surface area contributed by atoms with Crippen molar-refractivity contribution in [2.45, 2.75) is 26.7 Å². The molecule has 0 bridgehead atoms. The molecule has 2 amide bonds. The highest BCUT2D eigenvalue weighted by molar-refractivity contribution is 6.01. The minimum Gasteiger partial charge on any atom is -0.497 e. The number of piperidine rings is 1. The van der Waals surface area contributed by atoms with Crippen molar-refractivity contribution in [1.29, 1.82) is 0 Å². The van der Waals surface area contributed by atoms with Gasteiger partial charge < -0.3 is 19.3 Å². The van der Waals surface area contributed by atoms with Gasteiger partial charge in [0.2, 0.25) is 11.8 Å². The predicted molar refractivity (Wildman–Crippen MR) is 99.5 cm³/mol. The number of carbonyl (C=O) groups is 2. The molecule has 142 valence electrons. The van der Waals surface area contributed by atoms with Crippen molar-refractivity contribution in [2.24, 2.45) is 17.8 Å². The Morgan fingerprint density at radius 2 is 1.77 bits per heavy atom. The summed E-state index contributed by atoms with van der Waals surface area (Å²) in [5.74, 6) is 2.03. The summed E-state index contributed by atoms with van der Waals surface area (Å²) in [5, 5.41) is 0. The number of anilines is 1. The molecule has 0 N–H and O–H groups in total. The molecule has 3 atom stereocenters. The summed E-state index contributed by atoms with van der Waals surface area (Å²) < 4.78 is 10.7. The van der Waals surface area contributed by atoms with Crippen LogP contribution in [0.15, 0.2) is 18.2 Å². The van der Waals surface area contributed by atoms with E-state index in [-0.39, 0.29) is 24.2 Å². The van der Waals surface area contributed by atoms with Crippen LogP contribution >= 0.6 is 0 Å². The van der Waals surface area contributed by atoms with Crippen LogP contribution in [-0.2, 0) is 9.59 Å². The maximum Gasteiger partial charge on any atom is 0.228 e. The first-order chi connectivity index (χ1) is 12.4. The van der Waals surface area contributed by atoms with Gasteiger partial charge in [0.05, 0.1) is 25.8 Å². The van der Waals surface area contributed by atoms with E-state index in [2.05, 4.69) is 13.8 Å². The van der Waals surface area contributed by atoms with E-state index in [1.165, 1.54) is 0 Å². The zero-order valence-electron chi connectivity index (χ0n) is 16.0. The van der Waals surface area contributed by atoms with Gasteiger partial charge in [0.25, 0.3) is 0 Å². The van der Waals surface area contributed by atoms with Crippen molar-refractivity contribution in [1.82, 2.24) is 4.90 Å². The summed E-state index contributed by atoms with van der Waals surface area (Å²) in [6.45, 7) is 6.33. The monoisotopic (exact) mass is 360 g/mol. The molecule has 2 aliphatic heterocycles. The lowest BCUT2D eigenvalue weighted by molar-refractivity contribution is -0.138. The number of benzene rings is 1. The lowest BCUT2D eigenvalue weighted by Crippen LogP contribution is -2.45. The summed E-state index contributed by atoms with van der Waals surface area (Å²) in [6, 6.07) is 5.36. The number of hydrogen-bond acceptors (Lipinski definition) is 4. The van der Waals surface area contributed by atoms with Gasteiger partial charge in [-0.25, -0.2) is 0 Å². The Balaban J connectivity index is 1.77. The van der Waals surface area contributed by atoms with Crippen LogP contribution in [0.25, 0.3) is 0 Å². The molecule has 26 heavy (non-hydrogen) atoms. The van der Waals surface area contributed by atoms with Gasteiger partial charge in [0.15, 0.2) is 0 Å². The smallest absolute Gasteiger partial charge is 0.228 e. The molecule has 0 aromatic heterocycles. The Bertz CT molecular complexity index is 680. The molecule has 0 unspecified atom stereocenters. The molecular formula is C20H28N2O4. The lowest BCUT2D eigenvalue weighted by Gasteiger charge is -2.36. The van der Waals surface area contributed by atoms with Crippen LogP contribution in [-0.4, -0.2) is 50.6 Å². The second-order valence-electron chi connectivity index (χ2n) is 7.63. The second kappa shape index (κ2) is 7.56. The Hall–Kier alpha value is -2.24. The third-order valence-electron chi connectivity index (χ3n) is 5.33. The van der Waals surface area contributed by atoms with Gasteiger partial charge in [0, 0.05) is 32.1 Å². The topological polar surface area (TPSA) is 59.1 Å². The number of hydrogen-bond donors (Lipinski definition) is 0. The minimum atomic E-state index is -0.295. The predicted octanol–water partition coefficient (Wildman–Crippen LogP) is 2.56. The fourth-order valence-electron chi connectivity index (χ4n) is 4.21. The molecule has 0 saturated carbocycles. The largest absolute Gasteiger partial charge is 0.497 e. The number of ether oxygens (including phenoxy) is 2. The van der Waals surface area contributed by atoms with E-state index in [9.17, 15) is 9.59 Å². The van der Waals surface area contributed by atoms with Crippen molar-refractivity contribution in [3.05, 3.63) is 18.2 Å². The number of rotatable bonds is 4. The van der Waals surface area contributed by atoms with E-state index in [1.807, 2.05) is 4.90 Å². The summed E-state index contributed by atoms with van der Waals surface area (Å²) in [6.07, 6.45) is 1.40. The van der Waals surface area contributed by atoms with Crippen LogP contribution in [0.4, 0.5) is 5.69 Å². The van der Waals surface area contributed by atoms with Crippen LogP contribution in [0.3, 0.4) is 0 Å². The minimum absolute atomic E-state index is 0.0481. The lowest BCUT2D eigenvalue weighted by atomic mass is 9.91. The molecule has 2 saturated heterocycles. The SMILES string of the molecule is COc1ccc(OC)c(N2C[C@H](C(=O)N3C[C@H](C)C[C@H](C)C3)CC2=O)c1. The molecule has 6 heteroatoms. The fourth-order valence-corrected chi connectivity index (χ4v) is 4.21. The van der Waals surface area contributed by atoms with Gasteiger partial charge in [-0.3, -0.25) is 9.59 Å². The van der Waals surface area contributed by atoms with Crippen molar-refractivity contribution < 1.29 is 19.1 Å². The van der Waals surface area contributed by atoms with Gasteiger partial charge in [-0.15, -0.1) is 0 Å². The molecule has 3 rings (SSSR count). The van der Waals surface area contributed by atoms with Crippen molar-refractivity contribution in [3.63, 3.8) is 0 Å². The zero-order chi connectivity index (χ0) is 18.8. The molecule has 2 fully saturated rings. The van der Waals surface area contributed by atoms with E-state index in [0.29, 0.717) is 35.6 Å². The molecule has 0 aliphatic carbocycles. The summed E-state index contributed by atoms with van der Waals surface area (Å²) in [5.41, 5.74) is 0.660. The molecule has 1 aromatic rings. The fraction of sp³-hybridized carbons (Fsp3) is 0.600. The number of nitrogens with zero attached hydrogens (tertiary/aromatic N) is 2. The van der Waals surface area contributed by atoms with Crippen LogP contribution in [0, 0.1) is 17.8 Å². The van der Waals surface area contributed by atoms with E-state index in [4.69, 9.17) is 9.47 Å². The Kier molecular flexibility index (Phi) is 5.39. The Labute approximate surface area is 155 Å². The van der Waals surface area contributed by atoms with Crippen LogP contribution in [0.2, 0.25) is 0 Å². The first-order valence-electron chi connectivity index (χ1n) is 9.24. The van der Waals surface area contributed by atoms with Gasteiger partial charge in [-0.1, -0.05) is 13.8 Å². The maximum absolute atomic E-state index is 13.0. The highest BCUT2D eigenvalue weighted by atomic mass is 16.5. The Morgan fingerprint density at radius 3 is 2.38 bits per heavy atom. The van der Waals surface area contributed by atoms with Gasteiger partial charge in [0.1, 0.15) is 11.5 Å². The quantitative estimate of drug-likeness (QED) is 0.828. The van der Waals surface area contributed by atoms with Crippen LogP contribution < -0.4 is 14.4 Å². The van der Waals surface area contributed by atoms with Gasteiger partial charge >= 0.3 is 0 Å². The van der Waals surface area contributed by atoms with E-state index in [0.717, 1.165) is 19.5 Å². The van der Waals surface area contributed by atoms with Crippen molar-refractivity contribution in [3.8, 4) is 11.5 Å². The zero-order valence-corrected chi connectivity index (χ0v) is 16.0. The van der Waals surface area contributed by atoms with Crippen molar-refractivity contribution >= 4 is 17.5 Å². The molecule has 1 aromatic carbocycles. The number of amides is 2. The summed E-state index contributed by atoms with van der Waals surface area (Å²) in [4.78, 5) is 29.2. The van der Waals surface area contributed by atoms with Crippen LogP contribution in [0.5, 0.6) is 11.5 Å². The molecule has 2 heterocycles. The average Bonchev–Trinajstić information content (AvgIpc) is 3.01. The standard InChI is InChI=1S/C20H28N2O4/c1-13-7-14(2)11-21(10-13)20(24)15-8-19(23)22(12-15)17-9-16(25-3)5-6-18(17)26-4/h5-6,9,13-15H,7-8,10-12H2,1-4H3/t13-,14+,15-/m1/s1. The second-order valence-corrected chi connectivity index (χ2v) is 7.63. The third kappa shape index (κ3) is 3.64. The molecular weight excluding hydrogens is 332 g/mol. The Morgan fingerprint density at radius 1 is 1.08 bits per heavy atom. The summed E-state index contributed by atoms with van der Waals surface area (Å²) >= 11 is 0. The van der Waals surface area contributed by atoms with Crippen molar-refractivity contribution in [2.75, 3.05) is 38.8 Å². The molecule has 0 spiro atoms. The van der Waals surface area contributed by atoms with E-state index >= 15 is 0 Å². The van der Waals surface area contributed by atoms with E-state index in [1.54, 1.807) is 37.3 Å². The van der Waals surface area contributed by atoms with Gasteiger partial charge in [-0.2, -0.15) is 0 Å². The number of methoxy groups -OCH3 is 2. The molecule has 0 radical (unpaired) electrons. The normalized spacial score (nSPS) is 26.2. The van der Waals surface area contributed by atoms with E-state index < -0.39 is 0 Å². The van der Waals surface area contributed by atoms with Gasteiger partial charge in [-0.05, 0) is 30.4 Å². The maximum atomic E-state index is 13.0. The highest BCUT2D eigenvalue weighted by Gasteiger charge is 2.39. The molecule has 2 aliphatic rings. The first kappa shape index (κ1) is 18.5. The molecule has 6 nitrogen and oxygen atoms in total. The highest BCUT2D eigenvalue weighted by Crippen LogP contribution is 2.36. The summed E-state index contributed by atoms with van der Waals surface area (Å²) in [7, 11) is 3.16. The number of carbonyl (C=O) groups excluding carboxylic acids is 2. The van der Waals surface area contributed by atoms with Crippen LogP contribution in [0.1, 0.15) is 26.7 Å².